The second-order valence-electron chi connectivity index (χ2n) is 6.40. The van der Waals surface area contributed by atoms with Crippen LogP contribution in [0, 0.1) is 18.3 Å². The highest BCUT2D eigenvalue weighted by Gasteiger charge is 2.22. The van der Waals surface area contributed by atoms with Crippen molar-refractivity contribution in [3.63, 3.8) is 0 Å². The fraction of sp³-hybridized carbons (Fsp3) is 0.421. The van der Waals surface area contributed by atoms with E-state index >= 15 is 0 Å². The van der Waals surface area contributed by atoms with Gasteiger partial charge in [0.05, 0.1) is 5.56 Å². The van der Waals surface area contributed by atoms with Gasteiger partial charge in [-0.1, -0.05) is 0 Å². The number of pyridine rings is 2. The Morgan fingerprint density at radius 1 is 1.25 bits per heavy atom. The summed E-state index contributed by atoms with van der Waals surface area (Å²) >= 11 is 0. The highest BCUT2D eigenvalue weighted by Crippen LogP contribution is 2.21. The second-order valence-corrected chi connectivity index (χ2v) is 6.40. The molecule has 1 aliphatic heterocycles. The topological polar surface area (TPSA) is 64.8 Å². The molecule has 5 nitrogen and oxygen atoms in total. The molecule has 5 heteroatoms. The Balaban J connectivity index is 1.55. The van der Waals surface area contributed by atoms with Crippen LogP contribution in [-0.2, 0) is 0 Å². The molecule has 124 valence electrons. The van der Waals surface area contributed by atoms with Crippen molar-refractivity contribution in [2.45, 2.75) is 38.8 Å². The van der Waals surface area contributed by atoms with Gasteiger partial charge in [0.25, 0.3) is 0 Å². The minimum Gasteiger partial charge on any atom is -0.357 e. The maximum atomic E-state index is 8.85. The molecule has 1 aliphatic rings. The van der Waals surface area contributed by atoms with Crippen LogP contribution in [0.2, 0.25) is 0 Å². The first-order chi connectivity index (χ1) is 11.7. The van der Waals surface area contributed by atoms with E-state index in [1.165, 1.54) is 11.1 Å². The maximum Gasteiger partial charge on any atom is 0.128 e. The molecule has 0 radical (unpaired) electrons. The first-order valence-electron chi connectivity index (χ1n) is 8.45. The Morgan fingerprint density at radius 3 is 2.67 bits per heavy atom. The number of hydrogen-bond acceptors (Lipinski definition) is 5. The zero-order valence-corrected chi connectivity index (χ0v) is 14.2. The van der Waals surface area contributed by atoms with Gasteiger partial charge in [0.15, 0.2) is 0 Å². The van der Waals surface area contributed by atoms with Crippen molar-refractivity contribution in [3.05, 3.63) is 53.5 Å². The van der Waals surface area contributed by atoms with Crippen LogP contribution in [0.25, 0.3) is 0 Å². The van der Waals surface area contributed by atoms with Crippen LogP contribution in [0.3, 0.4) is 0 Å². The van der Waals surface area contributed by atoms with Gasteiger partial charge in [-0.2, -0.15) is 5.26 Å². The van der Waals surface area contributed by atoms with Gasteiger partial charge in [-0.05, 0) is 56.0 Å². The van der Waals surface area contributed by atoms with E-state index in [0.29, 0.717) is 17.6 Å². The number of nitrogens with zero attached hydrogens (tertiary/aromatic N) is 4. The van der Waals surface area contributed by atoms with E-state index in [9.17, 15) is 0 Å². The highest BCUT2D eigenvalue weighted by atomic mass is 15.2. The summed E-state index contributed by atoms with van der Waals surface area (Å²) in [6.07, 6.45) is 7.63. The minimum atomic E-state index is 0.309. The molecule has 1 unspecified atom stereocenters. The number of piperidine rings is 1. The van der Waals surface area contributed by atoms with Crippen LogP contribution in [0.1, 0.15) is 42.5 Å². The van der Waals surface area contributed by atoms with E-state index in [1.54, 1.807) is 6.20 Å². The predicted molar refractivity (Wildman–Crippen MR) is 94.7 cm³/mol. The fourth-order valence-electron chi connectivity index (χ4n) is 3.29. The third kappa shape index (κ3) is 3.72. The first-order valence-corrected chi connectivity index (χ1v) is 8.45. The summed E-state index contributed by atoms with van der Waals surface area (Å²) < 4.78 is 0. The van der Waals surface area contributed by atoms with Gasteiger partial charge in [0.2, 0.25) is 0 Å². The average Bonchev–Trinajstić information content (AvgIpc) is 2.63. The van der Waals surface area contributed by atoms with E-state index in [-0.39, 0.29) is 0 Å². The summed E-state index contributed by atoms with van der Waals surface area (Å²) in [6.45, 7) is 6.30. The van der Waals surface area contributed by atoms with Crippen molar-refractivity contribution >= 4 is 5.82 Å². The lowest BCUT2D eigenvalue weighted by Gasteiger charge is -2.34. The molecule has 0 aromatic carbocycles. The molecule has 2 aromatic heterocycles. The summed E-state index contributed by atoms with van der Waals surface area (Å²) in [4.78, 5) is 10.9. The van der Waals surface area contributed by atoms with Crippen molar-refractivity contribution in [1.82, 2.24) is 15.3 Å². The zero-order valence-electron chi connectivity index (χ0n) is 14.2. The molecule has 0 saturated carbocycles. The lowest BCUT2D eigenvalue weighted by molar-refractivity contribution is 0.379. The minimum absolute atomic E-state index is 0.309. The third-order valence-electron chi connectivity index (χ3n) is 4.73. The molecule has 3 rings (SSSR count). The van der Waals surface area contributed by atoms with Crippen LogP contribution >= 0.6 is 0 Å². The van der Waals surface area contributed by atoms with Gasteiger partial charge < -0.3 is 10.2 Å². The number of nitrogens with one attached hydrogen (secondary N) is 1. The molecular weight excluding hydrogens is 298 g/mol. The largest absolute Gasteiger partial charge is 0.357 e. The lowest BCUT2D eigenvalue weighted by Crippen LogP contribution is -2.43. The Bertz CT molecular complexity index is 711. The van der Waals surface area contributed by atoms with Crippen molar-refractivity contribution < 1.29 is 0 Å². The van der Waals surface area contributed by atoms with Gasteiger partial charge in [-0.15, -0.1) is 0 Å². The number of rotatable bonds is 4. The number of aromatic nitrogens is 2. The normalized spacial score (nSPS) is 16.6. The number of hydrogen-bond donors (Lipinski definition) is 1. The molecule has 0 aliphatic carbocycles. The lowest BCUT2D eigenvalue weighted by atomic mass is 10.0. The summed E-state index contributed by atoms with van der Waals surface area (Å²) in [5, 5.41) is 12.6. The molecule has 24 heavy (non-hydrogen) atoms. The molecule has 0 bridgehead atoms. The van der Waals surface area contributed by atoms with Gasteiger partial charge in [-0.25, -0.2) is 4.98 Å². The molecule has 3 heterocycles. The standard InChI is InChI=1S/C19H23N5/c1-14-5-8-21-13-18(14)15(2)23-17-6-9-24(10-7-17)19-4-3-16(11-20)12-22-19/h3-5,8,12-13,15,17,23H,6-7,9-10H2,1-2H3. The number of nitriles is 1. The van der Waals surface area contributed by atoms with Crippen molar-refractivity contribution in [1.29, 1.82) is 5.26 Å². The molecule has 2 aromatic rings. The average molecular weight is 321 g/mol. The van der Waals surface area contributed by atoms with E-state index in [1.807, 2.05) is 24.5 Å². The van der Waals surface area contributed by atoms with Crippen LogP contribution in [0.4, 0.5) is 5.82 Å². The number of aryl methyl sites for hydroxylation is 1. The Hall–Kier alpha value is -2.45. The van der Waals surface area contributed by atoms with Gasteiger partial charge in [-0.3, -0.25) is 4.98 Å². The maximum absolute atomic E-state index is 8.85. The van der Waals surface area contributed by atoms with Gasteiger partial charge in [0, 0.05) is 43.8 Å². The van der Waals surface area contributed by atoms with Gasteiger partial charge >= 0.3 is 0 Å². The molecule has 0 spiro atoms. The van der Waals surface area contributed by atoms with E-state index in [2.05, 4.69) is 46.2 Å². The van der Waals surface area contributed by atoms with Crippen LogP contribution in [0.5, 0.6) is 0 Å². The second kappa shape index (κ2) is 7.41. The van der Waals surface area contributed by atoms with E-state index in [4.69, 9.17) is 5.26 Å². The van der Waals surface area contributed by atoms with Crippen molar-refractivity contribution in [3.8, 4) is 6.07 Å². The van der Waals surface area contributed by atoms with Crippen molar-refractivity contribution in [2.24, 2.45) is 0 Å². The van der Waals surface area contributed by atoms with E-state index < -0.39 is 0 Å². The molecule has 1 N–H and O–H groups in total. The summed E-state index contributed by atoms with van der Waals surface area (Å²) in [6, 6.07) is 8.76. The van der Waals surface area contributed by atoms with E-state index in [0.717, 1.165) is 31.7 Å². The molecule has 1 saturated heterocycles. The van der Waals surface area contributed by atoms with Crippen LogP contribution in [0.15, 0.2) is 36.8 Å². The van der Waals surface area contributed by atoms with Crippen LogP contribution in [-0.4, -0.2) is 29.1 Å². The Labute approximate surface area is 143 Å². The Kier molecular flexibility index (Phi) is 5.07. The molecule has 1 atom stereocenters. The van der Waals surface area contributed by atoms with Crippen LogP contribution < -0.4 is 10.2 Å². The van der Waals surface area contributed by atoms with Crippen molar-refractivity contribution in [2.75, 3.05) is 18.0 Å². The Morgan fingerprint density at radius 2 is 2.04 bits per heavy atom. The SMILES string of the molecule is Cc1ccncc1C(C)NC1CCN(c2ccc(C#N)cn2)CC1. The summed E-state index contributed by atoms with van der Waals surface area (Å²) in [5.41, 5.74) is 3.16. The third-order valence-corrected chi connectivity index (χ3v) is 4.73. The monoisotopic (exact) mass is 321 g/mol. The highest BCUT2D eigenvalue weighted by molar-refractivity contribution is 5.42. The fourth-order valence-corrected chi connectivity index (χ4v) is 3.29. The number of anilines is 1. The summed E-state index contributed by atoms with van der Waals surface area (Å²) in [7, 11) is 0. The molecule has 0 amide bonds. The molecule has 1 fully saturated rings. The summed E-state index contributed by atoms with van der Waals surface area (Å²) in [5.74, 6) is 0.962. The molecular formula is C19H23N5. The predicted octanol–water partition coefficient (Wildman–Crippen LogP) is 2.98. The smallest absolute Gasteiger partial charge is 0.128 e. The first kappa shape index (κ1) is 16.4. The quantitative estimate of drug-likeness (QED) is 0.938. The zero-order chi connectivity index (χ0) is 16.9. The van der Waals surface area contributed by atoms with Gasteiger partial charge in [0.1, 0.15) is 11.9 Å².